The molecular formula is C24H22N4O4. The number of rotatable bonds is 3. The van der Waals surface area contributed by atoms with Crippen molar-refractivity contribution in [3.8, 4) is 23.0 Å². The Morgan fingerprint density at radius 3 is 2.72 bits per heavy atom. The van der Waals surface area contributed by atoms with Crippen molar-refractivity contribution in [2.45, 2.75) is 38.4 Å². The first-order valence-electron chi connectivity index (χ1n) is 10.7. The number of fused-ring (bicyclic) bond motifs is 2. The Bertz CT molecular complexity index is 1350. The first-order valence-corrected chi connectivity index (χ1v) is 10.7. The lowest BCUT2D eigenvalue weighted by atomic mass is 10.1. The highest BCUT2D eigenvalue weighted by Crippen LogP contribution is 2.47. The maximum Gasteiger partial charge on any atom is 0.256 e. The molecule has 1 aromatic carbocycles. The van der Waals surface area contributed by atoms with E-state index in [0.717, 1.165) is 37.1 Å². The number of carbonyl (C=O) groups is 1. The number of nitrogens with zero attached hydrogens (tertiary/aromatic N) is 3. The molecule has 4 aromatic rings. The van der Waals surface area contributed by atoms with Gasteiger partial charge >= 0.3 is 0 Å². The highest BCUT2D eigenvalue weighted by atomic mass is 16.7. The van der Waals surface area contributed by atoms with Gasteiger partial charge in [-0.1, -0.05) is 0 Å². The quantitative estimate of drug-likeness (QED) is 0.501. The number of amides is 1. The van der Waals surface area contributed by atoms with E-state index in [1.165, 1.54) is 0 Å². The van der Waals surface area contributed by atoms with Crippen molar-refractivity contribution in [3.63, 3.8) is 0 Å². The van der Waals surface area contributed by atoms with Crippen LogP contribution in [0.1, 0.15) is 41.7 Å². The molecule has 32 heavy (non-hydrogen) atoms. The summed E-state index contributed by atoms with van der Waals surface area (Å²) < 4.78 is 19.4. The average Bonchev–Trinajstić information content (AvgIpc) is 3.56. The van der Waals surface area contributed by atoms with Crippen molar-refractivity contribution >= 4 is 22.6 Å². The van der Waals surface area contributed by atoms with Gasteiger partial charge in [0.15, 0.2) is 22.9 Å². The van der Waals surface area contributed by atoms with Crippen LogP contribution in [0.15, 0.2) is 47.1 Å². The van der Waals surface area contributed by atoms with Crippen molar-refractivity contribution in [1.82, 2.24) is 14.8 Å². The Balaban J connectivity index is 1.36. The van der Waals surface area contributed by atoms with Crippen molar-refractivity contribution in [2.75, 3.05) is 5.32 Å². The molecular weight excluding hydrogens is 408 g/mol. The molecule has 8 nitrogen and oxygen atoms in total. The van der Waals surface area contributed by atoms with Gasteiger partial charge in [-0.15, -0.1) is 0 Å². The third-order valence-corrected chi connectivity index (χ3v) is 6.15. The lowest BCUT2D eigenvalue weighted by Crippen LogP contribution is -2.34. The van der Waals surface area contributed by atoms with Crippen LogP contribution in [-0.4, -0.2) is 26.5 Å². The maximum absolute atomic E-state index is 13.4. The SMILES string of the molecule is Cc1nn(C)c2nc(-c3ccco3)cc(C(=O)Nc3ccc4c(c3)OC3(CCCC3)O4)c12. The average molecular weight is 430 g/mol. The van der Waals surface area contributed by atoms with Gasteiger partial charge in [0.25, 0.3) is 11.7 Å². The molecule has 1 aliphatic heterocycles. The second-order valence-electron chi connectivity index (χ2n) is 8.38. The third-order valence-electron chi connectivity index (χ3n) is 6.15. The number of furan rings is 1. The molecule has 1 N–H and O–H groups in total. The number of benzene rings is 1. The van der Waals surface area contributed by atoms with E-state index in [2.05, 4.69) is 15.4 Å². The van der Waals surface area contributed by atoms with Gasteiger partial charge in [-0.25, -0.2) is 4.98 Å². The molecule has 162 valence electrons. The predicted molar refractivity (Wildman–Crippen MR) is 118 cm³/mol. The lowest BCUT2D eigenvalue weighted by Gasteiger charge is -2.21. The van der Waals surface area contributed by atoms with E-state index in [9.17, 15) is 4.79 Å². The number of hydrogen-bond donors (Lipinski definition) is 1. The molecule has 3 aromatic heterocycles. The molecule has 6 rings (SSSR count). The minimum absolute atomic E-state index is 0.254. The van der Waals surface area contributed by atoms with E-state index in [4.69, 9.17) is 13.9 Å². The van der Waals surface area contributed by atoms with Gasteiger partial charge in [0.05, 0.1) is 22.9 Å². The number of anilines is 1. The fourth-order valence-electron chi connectivity index (χ4n) is 4.66. The Kier molecular flexibility index (Phi) is 4.05. The van der Waals surface area contributed by atoms with Crippen LogP contribution in [0.25, 0.3) is 22.5 Å². The molecule has 8 heteroatoms. The predicted octanol–water partition coefficient (Wildman–Crippen LogP) is 4.83. The summed E-state index contributed by atoms with van der Waals surface area (Å²) in [6.07, 6.45) is 5.54. The molecule has 0 atom stereocenters. The zero-order valence-corrected chi connectivity index (χ0v) is 17.8. The van der Waals surface area contributed by atoms with Crippen LogP contribution in [0.2, 0.25) is 0 Å². The number of hydrogen-bond acceptors (Lipinski definition) is 6. The van der Waals surface area contributed by atoms with Gasteiger partial charge in [0.2, 0.25) is 0 Å². The van der Waals surface area contributed by atoms with Crippen LogP contribution >= 0.6 is 0 Å². The molecule has 4 heterocycles. The smallest absolute Gasteiger partial charge is 0.256 e. The molecule has 0 bridgehead atoms. The van der Waals surface area contributed by atoms with Crippen molar-refractivity contribution < 1.29 is 18.7 Å². The summed E-state index contributed by atoms with van der Waals surface area (Å²) in [5, 5.41) is 8.17. The van der Waals surface area contributed by atoms with Gasteiger partial charge in [-0.3, -0.25) is 9.48 Å². The van der Waals surface area contributed by atoms with Crippen LogP contribution in [0.3, 0.4) is 0 Å². The summed E-state index contributed by atoms with van der Waals surface area (Å²) in [6, 6.07) is 10.8. The van der Waals surface area contributed by atoms with E-state index in [-0.39, 0.29) is 5.91 Å². The molecule has 1 amide bonds. The van der Waals surface area contributed by atoms with Crippen molar-refractivity contribution in [2.24, 2.45) is 7.05 Å². The highest BCUT2D eigenvalue weighted by Gasteiger charge is 2.44. The zero-order valence-electron chi connectivity index (χ0n) is 17.8. The second kappa shape index (κ2) is 6.85. The third kappa shape index (κ3) is 2.94. The van der Waals surface area contributed by atoms with E-state index >= 15 is 0 Å². The molecule has 1 aliphatic carbocycles. The van der Waals surface area contributed by atoms with Gasteiger partial charge < -0.3 is 19.2 Å². The molecule has 0 saturated heterocycles. The van der Waals surface area contributed by atoms with Gasteiger partial charge in [0, 0.05) is 31.6 Å². The van der Waals surface area contributed by atoms with Crippen molar-refractivity contribution in [1.29, 1.82) is 0 Å². The largest absolute Gasteiger partial charge is 0.463 e. The van der Waals surface area contributed by atoms with Gasteiger partial charge in [-0.2, -0.15) is 5.10 Å². The summed E-state index contributed by atoms with van der Waals surface area (Å²) in [5.74, 6) is 1.19. The molecule has 0 radical (unpaired) electrons. The fraction of sp³-hybridized carbons (Fsp3) is 0.292. The summed E-state index contributed by atoms with van der Waals surface area (Å²) >= 11 is 0. The maximum atomic E-state index is 13.4. The number of aromatic nitrogens is 3. The van der Waals surface area contributed by atoms with Crippen LogP contribution in [0, 0.1) is 6.92 Å². The monoisotopic (exact) mass is 430 g/mol. The molecule has 0 unspecified atom stereocenters. The topological polar surface area (TPSA) is 91.4 Å². The summed E-state index contributed by atoms with van der Waals surface area (Å²) in [4.78, 5) is 18.0. The van der Waals surface area contributed by atoms with Gasteiger partial charge in [-0.05, 0) is 50.1 Å². The minimum Gasteiger partial charge on any atom is -0.463 e. The van der Waals surface area contributed by atoms with Crippen LogP contribution in [-0.2, 0) is 7.05 Å². The number of pyridine rings is 1. The molecule has 2 aliphatic rings. The van der Waals surface area contributed by atoms with Crippen LogP contribution in [0.4, 0.5) is 5.69 Å². The van der Waals surface area contributed by atoms with Crippen LogP contribution < -0.4 is 14.8 Å². The van der Waals surface area contributed by atoms with E-state index in [1.54, 1.807) is 23.1 Å². The standard InChI is InChI=1S/C24H22N4O4/c1-14-21-16(13-17(18-6-5-11-30-18)26-22(21)28(2)27-14)23(29)25-15-7-8-19-20(12-15)32-24(31-19)9-3-4-10-24/h5-8,11-13H,3-4,9-10H2,1-2H3,(H,25,29). The second-order valence-corrected chi connectivity index (χ2v) is 8.38. The number of ether oxygens (including phenoxy) is 2. The Morgan fingerprint density at radius 2 is 1.94 bits per heavy atom. The van der Waals surface area contributed by atoms with E-state index in [1.807, 2.05) is 38.2 Å². The summed E-state index contributed by atoms with van der Waals surface area (Å²) in [6.45, 7) is 1.87. The Morgan fingerprint density at radius 1 is 1.12 bits per heavy atom. The summed E-state index contributed by atoms with van der Waals surface area (Å²) in [7, 11) is 1.81. The molecule has 1 saturated carbocycles. The lowest BCUT2D eigenvalue weighted by molar-refractivity contribution is -0.0716. The molecule has 1 spiro atoms. The normalized spacial score (nSPS) is 16.2. The van der Waals surface area contributed by atoms with Crippen molar-refractivity contribution in [3.05, 3.63) is 53.9 Å². The number of nitrogens with one attached hydrogen (secondary N) is 1. The zero-order chi connectivity index (χ0) is 21.9. The van der Waals surface area contributed by atoms with Crippen LogP contribution in [0.5, 0.6) is 11.5 Å². The molecule has 1 fully saturated rings. The number of carbonyl (C=O) groups excluding carboxylic acids is 1. The Hall–Kier alpha value is -3.81. The number of aryl methyl sites for hydroxylation is 2. The van der Waals surface area contributed by atoms with Gasteiger partial charge in [0.1, 0.15) is 5.69 Å². The highest BCUT2D eigenvalue weighted by molar-refractivity contribution is 6.13. The Labute approximate surface area is 184 Å². The first kappa shape index (κ1) is 18.9. The summed E-state index contributed by atoms with van der Waals surface area (Å²) in [5.41, 5.74) is 3.05. The van der Waals surface area contributed by atoms with E-state index < -0.39 is 5.79 Å². The minimum atomic E-state index is -0.535. The fourth-order valence-corrected chi connectivity index (χ4v) is 4.66. The first-order chi connectivity index (χ1) is 15.5. The van der Waals surface area contributed by atoms with E-state index in [0.29, 0.717) is 39.5 Å².